The fraction of sp³-hybridized carbons (Fsp3) is 0.381. The zero-order valence-electron chi connectivity index (χ0n) is 17.2. The molecule has 2 aromatic rings. The highest BCUT2D eigenvalue weighted by atomic mass is 32.2. The van der Waals surface area contributed by atoms with Gasteiger partial charge < -0.3 is 10.1 Å². The standard InChI is InChI=1S/C21H28N2O4S/c1-14-7-9-18(16(3)11-14)17(4)22-21(24)13-23(28(6,25)26)19-12-15(2)8-10-20(19)27-5/h7-12,17H,13H2,1-6H3,(H,22,24)/t17-/m1/s1. The van der Waals surface area contributed by atoms with E-state index in [-0.39, 0.29) is 18.5 Å². The molecule has 0 saturated carbocycles. The fourth-order valence-electron chi connectivity index (χ4n) is 3.18. The lowest BCUT2D eigenvalue weighted by Crippen LogP contribution is -2.41. The first-order valence-corrected chi connectivity index (χ1v) is 10.9. The van der Waals surface area contributed by atoms with Crippen molar-refractivity contribution in [3.8, 4) is 5.75 Å². The third-order valence-corrected chi connectivity index (χ3v) is 5.69. The zero-order chi connectivity index (χ0) is 21.1. The van der Waals surface area contributed by atoms with Gasteiger partial charge in [-0.25, -0.2) is 8.42 Å². The quantitative estimate of drug-likeness (QED) is 0.769. The molecule has 0 aliphatic heterocycles. The van der Waals surface area contributed by atoms with Gasteiger partial charge in [0.25, 0.3) is 0 Å². The number of carbonyl (C=O) groups is 1. The first-order valence-electron chi connectivity index (χ1n) is 9.01. The maximum absolute atomic E-state index is 12.7. The minimum absolute atomic E-state index is 0.242. The Hall–Kier alpha value is -2.54. The van der Waals surface area contributed by atoms with Crippen molar-refractivity contribution in [1.29, 1.82) is 0 Å². The minimum Gasteiger partial charge on any atom is -0.495 e. The summed E-state index contributed by atoms with van der Waals surface area (Å²) in [6, 6.07) is 11.0. The van der Waals surface area contributed by atoms with E-state index in [0.717, 1.165) is 32.8 Å². The van der Waals surface area contributed by atoms with Crippen LogP contribution < -0.4 is 14.4 Å². The third-order valence-electron chi connectivity index (χ3n) is 4.56. The number of aryl methyl sites for hydroxylation is 3. The van der Waals surface area contributed by atoms with Gasteiger partial charge in [-0.3, -0.25) is 9.10 Å². The summed E-state index contributed by atoms with van der Waals surface area (Å²) in [6.45, 7) is 7.41. The van der Waals surface area contributed by atoms with Gasteiger partial charge in [-0.2, -0.15) is 0 Å². The van der Waals surface area contributed by atoms with E-state index in [9.17, 15) is 13.2 Å². The van der Waals surface area contributed by atoms with Crippen molar-refractivity contribution in [1.82, 2.24) is 5.32 Å². The Balaban J connectivity index is 2.26. The van der Waals surface area contributed by atoms with Gasteiger partial charge in [0.05, 0.1) is 25.1 Å². The van der Waals surface area contributed by atoms with Gasteiger partial charge in [-0.15, -0.1) is 0 Å². The van der Waals surface area contributed by atoms with Crippen molar-refractivity contribution in [2.45, 2.75) is 33.7 Å². The van der Waals surface area contributed by atoms with E-state index < -0.39 is 10.0 Å². The average Bonchev–Trinajstić information content (AvgIpc) is 2.58. The van der Waals surface area contributed by atoms with E-state index in [1.54, 1.807) is 12.1 Å². The Kier molecular flexibility index (Phi) is 6.72. The molecule has 0 aliphatic rings. The highest BCUT2D eigenvalue weighted by molar-refractivity contribution is 7.92. The van der Waals surface area contributed by atoms with E-state index in [4.69, 9.17) is 4.74 Å². The molecule has 0 aromatic heterocycles. The van der Waals surface area contributed by atoms with Crippen molar-refractivity contribution in [2.75, 3.05) is 24.2 Å². The molecule has 6 nitrogen and oxygen atoms in total. The summed E-state index contributed by atoms with van der Waals surface area (Å²) >= 11 is 0. The molecule has 28 heavy (non-hydrogen) atoms. The summed E-state index contributed by atoms with van der Waals surface area (Å²) in [6.07, 6.45) is 1.08. The number of ether oxygens (including phenoxy) is 1. The Bertz CT molecular complexity index is 970. The second kappa shape index (κ2) is 8.65. The van der Waals surface area contributed by atoms with Gasteiger partial charge >= 0.3 is 0 Å². The summed E-state index contributed by atoms with van der Waals surface area (Å²) in [5, 5.41) is 2.90. The Morgan fingerprint density at radius 1 is 1.11 bits per heavy atom. The van der Waals surface area contributed by atoms with E-state index in [1.807, 2.05) is 45.9 Å². The highest BCUT2D eigenvalue weighted by Crippen LogP contribution is 2.31. The molecule has 7 heteroatoms. The topological polar surface area (TPSA) is 75.7 Å². The van der Waals surface area contributed by atoms with Gasteiger partial charge in [0.1, 0.15) is 12.3 Å². The molecule has 2 aromatic carbocycles. The molecular formula is C21H28N2O4S. The Morgan fingerprint density at radius 2 is 1.71 bits per heavy atom. The summed E-state index contributed by atoms with van der Waals surface area (Å²) in [7, 11) is -2.21. The van der Waals surface area contributed by atoms with Crippen LogP contribution in [0.3, 0.4) is 0 Å². The van der Waals surface area contributed by atoms with E-state index >= 15 is 0 Å². The zero-order valence-corrected chi connectivity index (χ0v) is 18.1. The molecule has 152 valence electrons. The number of nitrogens with one attached hydrogen (secondary N) is 1. The molecule has 0 spiro atoms. The van der Waals surface area contributed by atoms with Gasteiger partial charge in [0.15, 0.2) is 0 Å². The molecule has 1 amide bonds. The molecule has 0 fully saturated rings. The summed E-state index contributed by atoms with van der Waals surface area (Å²) < 4.78 is 31.1. The maximum atomic E-state index is 12.7. The van der Waals surface area contributed by atoms with Gasteiger partial charge in [0.2, 0.25) is 15.9 Å². The summed E-state index contributed by atoms with van der Waals surface area (Å²) in [5.74, 6) is 0.00714. The minimum atomic E-state index is -3.68. The van der Waals surface area contributed by atoms with Crippen LogP contribution in [-0.2, 0) is 14.8 Å². The molecule has 0 heterocycles. The van der Waals surface area contributed by atoms with Crippen LogP contribution in [0.2, 0.25) is 0 Å². The average molecular weight is 405 g/mol. The second-order valence-electron chi connectivity index (χ2n) is 7.09. The highest BCUT2D eigenvalue weighted by Gasteiger charge is 2.25. The van der Waals surface area contributed by atoms with Crippen LogP contribution >= 0.6 is 0 Å². The lowest BCUT2D eigenvalue weighted by atomic mass is 10.0. The lowest BCUT2D eigenvalue weighted by molar-refractivity contribution is -0.120. The second-order valence-corrected chi connectivity index (χ2v) is 9.00. The van der Waals surface area contributed by atoms with Crippen molar-refractivity contribution in [3.63, 3.8) is 0 Å². The molecular weight excluding hydrogens is 376 g/mol. The number of methoxy groups -OCH3 is 1. The van der Waals surface area contributed by atoms with Crippen molar-refractivity contribution in [3.05, 3.63) is 58.7 Å². The molecule has 0 aliphatic carbocycles. The smallest absolute Gasteiger partial charge is 0.241 e. The molecule has 1 atom stereocenters. The number of nitrogens with zero attached hydrogens (tertiary/aromatic N) is 1. The monoisotopic (exact) mass is 404 g/mol. The molecule has 0 bridgehead atoms. The molecule has 0 unspecified atom stereocenters. The Labute approximate surface area is 167 Å². The number of carbonyl (C=O) groups excluding carboxylic acids is 1. The predicted molar refractivity (Wildman–Crippen MR) is 112 cm³/mol. The van der Waals surface area contributed by atoms with Crippen molar-refractivity contribution in [2.24, 2.45) is 0 Å². The fourth-order valence-corrected chi connectivity index (χ4v) is 4.03. The van der Waals surface area contributed by atoms with E-state index in [2.05, 4.69) is 11.4 Å². The summed E-state index contributed by atoms with van der Waals surface area (Å²) in [5.41, 5.74) is 4.44. The first-order chi connectivity index (χ1) is 13.0. The molecule has 2 rings (SSSR count). The van der Waals surface area contributed by atoms with Crippen LogP contribution in [0.4, 0.5) is 5.69 Å². The van der Waals surface area contributed by atoms with Crippen molar-refractivity contribution < 1.29 is 17.9 Å². The number of anilines is 1. The number of hydrogen-bond acceptors (Lipinski definition) is 4. The Morgan fingerprint density at radius 3 is 2.29 bits per heavy atom. The van der Waals surface area contributed by atoms with E-state index in [1.165, 1.54) is 7.11 Å². The van der Waals surface area contributed by atoms with Gasteiger partial charge in [-0.05, 0) is 56.5 Å². The molecule has 0 saturated heterocycles. The molecule has 1 N–H and O–H groups in total. The van der Waals surface area contributed by atoms with Gasteiger partial charge in [0, 0.05) is 0 Å². The largest absolute Gasteiger partial charge is 0.495 e. The number of sulfonamides is 1. The normalized spacial score (nSPS) is 12.4. The number of rotatable bonds is 7. The maximum Gasteiger partial charge on any atom is 0.241 e. The predicted octanol–water partition coefficient (Wildman–Crippen LogP) is 3.26. The number of amides is 1. The SMILES string of the molecule is COc1ccc(C)cc1N(CC(=O)N[C@H](C)c1ccc(C)cc1C)S(C)(=O)=O. The summed E-state index contributed by atoms with van der Waals surface area (Å²) in [4.78, 5) is 12.7. The van der Waals surface area contributed by atoms with Crippen LogP contribution in [0.25, 0.3) is 0 Å². The van der Waals surface area contributed by atoms with Gasteiger partial charge in [-0.1, -0.05) is 29.8 Å². The van der Waals surface area contributed by atoms with E-state index in [0.29, 0.717) is 11.4 Å². The van der Waals surface area contributed by atoms with Crippen molar-refractivity contribution >= 4 is 21.6 Å². The third kappa shape index (κ3) is 5.25. The van der Waals surface area contributed by atoms with Crippen LogP contribution in [0.15, 0.2) is 36.4 Å². The molecule has 0 radical (unpaired) electrons. The lowest BCUT2D eigenvalue weighted by Gasteiger charge is -2.25. The number of benzene rings is 2. The number of hydrogen-bond donors (Lipinski definition) is 1. The van der Waals surface area contributed by atoms with Crippen LogP contribution in [0, 0.1) is 20.8 Å². The van der Waals surface area contributed by atoms with Crippen LogP contribution in [0.1, 0.15) is 35.2 Å². The van der Waals surface area contributed by atoms with Crippen LogP contribution in [-0.4, -0.2) is 34.2 Å². The first kappa shape index (κ1) is 21.8. The van der Waals surface area contributed by atoms with Crippen LogP contribution in [0.5, 0.6) is 5.75 Å².